The van der Waals surface area contributed by atoms with E-state index in [0.717, 1.165) is 31.4 Å². The number of aryl methyl sites for hydroxylation is 1. The van der Waals surface area contributed by atoms with Crippen molar-refractivity contribution in [2.24, 2.45) is 0 Å². The molecule has 1 N–H and O–H groups in total. The van der Waals surface area contributed by atoms with Crippen LogP contribution in [0.3, 0.4) is 0 Å². The highest BCUT2D eigenvalue weighted by atomic mass is 35.5. The van der Waals surface area contributed by atoms with Crippen LogP contribution in [0.5, 0.6) is 0 Å². The largest absolute Gasteiger partial charge is 0.322 e. The van der Waals surface area contributed by atoms with E-state index >= 15 is 0 Å². The van der Waals surface area contributed by atoms with Crippen molar-refractivity contribution >= 4 is 45.0 Å². The maximum absolute atomic E-state index is 12.7. The van der Waals surface area contributed by atoms with Gasteiger partial charge in [0.1, 0.15) is 4.90 Å². The highest BCUT2D eigenvalue weighted by Gasteiger charge is 2.29. The Morgan fingerprint density at radius 3 is 2.61 bits per heavy atom. The van der Waals surface area contributed by atoms with E-state index in [-0.39, 0.29) is 15.8 Å². The number of carbonyl (C=O) groups excluding carboxylic acids is 1. The van der Waals surface area contributed by atoms with E-state index < -0.39 is 10.0 Å². The lowest BCUT2D eigenvalue weighted by Gasteiger charge is -2.17. The highest BCUT2D eigenvalue weighted by Crippen LogP contribution is 2.32. The molecule has 0 radical (unpaired) electrons. The molecule has 5 nitrogen and oxygen atoms in total. The Morgan fingerprint density at radius 1 is 1.07 bits per heavy atom. The number of halogens is 1. The molecule has 28 heavy (non-hydrogen) atoms. The van der Waals surface area contributed by atoms with Gasteiger partial charge in [-0.05, 0) is 73.4 Å². The number of hydrogen-bond acceptors (Lipinski definition) is 4. The molecule has 2 heterocycles. The molecule has 0 spiro atoms. The van der Waals surface area contributed by atoms with Crippen molar-refractivity contribution in [2.75, 3.05) is 24.2 Å². The van der Waals surface area contributed by atoms with Crippen molar-refractivity contribution in [2.45, 2.75) is 35.5 Å². The number of carbonyl (C=O) groups is 1. The van der Waals surface area contributed by atoms with Crippen molar-refractivity contribution in [3.63, 3.8) is 0 Å². The Kier molecular flexibility index (Phi) is 5.69. The number of thioether (sulfide) groups is 1. The first kappa shape index (κ1) is 19.8. The van der Waals surface area contributed by atoms with Crippen molar-refractivity contribution in [1.82, 2.24) is 4.31 Å². The minimum atomic E-state index is -3.59. The first-order valence-corrected chi connectivity index (χ1v) is 12.1. The third-order valence-electron chi connectivity index (χ3n) is 5.04. The molecule has 8 heteroatoms. The van der Waals surface area contributed by atoms with Crippen LogP contribution in [0.2, 0.25) is 5.02 Å². The molecule has 0 unspecified atom stereocenters. The lowest BCUT2D eigenvalue weighted by molar-refractivity contribution is 0.102. The zero-order valence-electron chi connectivity index (χ0n) is 15.3. The smallest absolute Gasteiger partial charge is 0.255 e. The first-order chi connectivity index (χ1) is 13.4. The minimum absolute atomic E-state index is 0.0832. The summed E-state index contributed by atoms with van der Waals surface area (Å²) in [6.45, 7) is 1.04. The number of anilines is 1. The Labute approximate surface area is 174 Å². The summed E-state index contributed by atoms with van der Waals surface area (Å²) in [6, 6.07) is 10.3. The highest BCUT2D eigenvalue weighted by molar-refractivity contribution is 7.99. The van der Waals surface area contributed by atoms with E-state index in [9.17, 15) is 13.2 Å². The van der Waals surface area contributed by atoms with E-state index in [1.54, 1.807) is 6.07 Å². The number of fused-ring (bicyclic) bond motifs is 1. The molecule has 0 bridgehead atoms. The lowest BCUT2D eigenvalue weighted by Crippen LogP contribution is -2.28. The lowest BCUT2D eigenvalue weighted by atomic mass is 10.1. The van der Waals surface area contributed by atoms with Gasteiger partial charge in [0.15, 0.2) is 0 Å². The Morgan fingerprint density at radius 2 is 1.86 bits per heavy atom. The van der Waals surface area contributed by atoms with Crippen LogP contribution in [-0.4, -0.2) is 37.5 Å². The van der Waals surface area contributed by atoms with Crippen LogP contribution in [0.25, 0.3) is 0 Å². The number of sulfonamides is 1. The normalized spacial score (nSPS) is 17.3. The molecular formula is C20H21ClN2O3S2. The number of hydrogen-bond donors (Lipinski definition) is 1. The Bertz CT molecular complexity index is 1020. The summed E-state index contributed by atoms with van der Waals surface area (Å²) in [6.07, 6.45) is 3.83. The molecule has 0 aliphatic carbocycles. The summed E-state index contributed by atoms with van der Waals surface area (Å²) in [4.78, 5) is 13.9. The predicted octanol–water partition coefficient (Wildman–Crippen LogP) is 4.42. The molecule has 2 aromatic rings. The van der Waals surface area contributed by atoms with Gasteiger partial charge in [0.2, 0.25) is 10.0 Å². The average Bonchev–Trinajstić information content (AvgIpc) is 3.23. The van der Waals surface area contributed by atoms with Gasteiger partial charge in [-0.2, -0.15) is 4.31 Å². The van der Waals surface area contributed by atoms with Crippen LogP contribution >= 0.6 is 23.4 Å². The molecule has 2 aromatic carbocycles. The van der Waals surface area contributed by atoms with Crippen molar-refractivity contribution in [1.29, 1.82) is 0 Å². The Hall–Kier alpha value is -1.54. The van der Waals surface area contributed by atoms with Gasteiger partial charge in [0.25, 0.3) is 5.91 Å². The average molecular weight is 437 g/mol. The fourth-order valence-corrected chi connectivity index (χ4v) is 6.61. The molecule has 0 aromatic heterocycles. The molecule has 2 aliphatic rings. The maximum Gasteiger partial charge on any atom is 0.255 e. The molecule has 2 aliphatic heterocycles. The molecule has 4 rings (SSSR count). The number of benzene rings is 2. The van der Waals surface area contributed by atoms with Gasteiger partial charge in [0, 0.05) is 29.2 Å². The van der Waals surface area contributed by atoms with Crippen LogP contribution in [0.1, 0.15) is 35.2 Å². The van der Waals surface area contributed by atoms with E-state index in [0.29, 0.717) is 24.3 Å². The topological polar surface area (TPSA) is 66.5 Å². The van der Waals surface area contributed by atoms with Crippen LogP contribution in [0, 0.1) is 0 Å². The van der Waals surface area contributed by atoms with Gasteiger partial charge >= 0.3 is 0 Å². The summed E-state index contributed by atoms with van der Waals surface area (Å²) >= 11 is 8.08. The summed E-state index contributed by atoms with van der Waals surface area (Å²) in [7, 11) is -3.59. The maximum atomic E-state index is 12.7. The second kappa shape index (κ2) is 8.06. The van der Waals surface area contributed by atoms with Crippen LogP contribution in [0.15, 0.2) is 46.2 Å². The van der Waals surface area contributed by atoms with Crippen molar-refractivity contribution < 1.29 is 13.2 Å². The van der Waals surface area contributed by atoms with Gasteiger partial charge in [-0.3, -0.25) is 4.79 Å². The number of rotatable bonds is 4. The number of amides is 1. The Balaban J connectivity index is 1.52. The predicted molar refractivity (Wildman–Crippen MR) is 113 cm³/mol. The van der Waals surface area contributed by atoms with E-state index in [1.807, 2.05) is 30.0 Å². The third-order valence-corrected chi connectivity index (χ3v) is 8.63. The van der Waals surface area contributed by atoms with E-state index in [2.05, 4.69) is 5.32 Å². The molecule has 148 valence electrons. The summed E-state index contributed by atoms with van der Waals surface area (Å²) in [5.74, 6) is 0.883. The van der Waals surface area contributed by atoms with Gasteiger partial charge in [0.05, 0.1) is 5.02 Å². The summed E-state index contributed by atoms with van der Waals surface area (Å²) < 4.78 is 26.9. The third kappa shape index (κ3) is 3.94. The van der Waals surface area contributed by atoms with Crippen molar-refractivity contribution in [3.8, 4) is 0 Å². The van der Waals surface area contributed by atoms with E-state index in [4.69, 9.17) is 11.6 Å². The minimum Gasteiger partial charge on any atom is -0.322 e. The SMILES string of the molecule is O=C(Nc1ccc(S(=O)(=O)N2CCCC2)c(Cl)c1)c1ccc2c(c1)CCCS2. The fraction of sp³-hybridized carbons (Fsp3) is 0.350. The van der Waals surface area contributed by atoms with Gasteiger partial charge in [-0.15, -0.1) is 11.8 Å². The van der Waals surface area contributed by atoms with Gasteiger partial charge in [-0.25, -0.2) is 8.42 Å². The second-order valence-electron chi connectivity index (χ2n) is 6.99. The molecule has 1 fully saturated rings. The molecule has 0 atom stereocenters. The van der Waals surface area contributed by atoms with Gasteiger partial charge in [-0.1, -0.05) is 11.6 Å². The van der Waals surface area contributed by atoms with Gasteiger partial charge < -0.3 is 5.32 Å². The zero-order valence-corrected chi connectivity index (χ0v) is 17.7. The number of nitrogens with zero attached hydrogens (tertiary/aromatic N) is 1. The fourth-order valence-electron chi connectivity index (χ4n) is 3.56. The second-order valence-corrected chi connectivity index (χ2v) is 10.4. The number of nitrogens with one attached hydrogen (secondary N) is 1. The van der Waals surface area contributed by atoms with E-state index in [1.165, 1.54) is 26.9 Å². The first-order valence-electron chi connectivity index (χ1n) is 9.32. The summed E-state index contributed by atoms with van der Waals surface area (Å²) in [5, 5.41) is 2.93. The van der Waals surface area contributed by atoms with Crippen molar-refractivity contribution in [3.05, 3.63) is 52.5 Å². The molecule has 1 saturated heterocycles. The molecule has 0 saturated carbocycles. The van der Waals surface area contributed by atoms with Crippen LogP contribution in [-0.2, 0) is 16.4 Å². The monoisotopic (exact) mass is 436 g/mol. The standard InChI is InChI=1S/C20H21ClN2O3S2/c21-17-13-16(6-8-19(17)28(25,26)23-9-1-2-10-23)22-20(24)15-5-7-18-14(12-15)4-3-11-27-18/h5-8,12-13H,1-4,9-11H2,(H,22,24). The molecular weight excluding hydrogens is 416 g/mol. The molecule has 1 amide bonds. The quantitative estimate of drug-likeness (QED) is 0.770. The summed E-state index contributed by atoms with van der Waals surface area (Å²) in [5.41, 5.74) is 2.27. The van der Waals surface area contributed by atoms with Crippen LogP contribution in [0.4, 0.5) is 5.69 Å². The zero-order chi connectivity index (χ0) is 19.7. The van der Waals surface area contributed by atoms with Crippen LogP contribution < -0.4 is 5.32 Å².